The molecule has 6 heteroatoms. The van der Waals surface area contributed by atoms with Crippen LogP contribution in [0.25, 0.3) is 11.4 Å². The summed E-state index contributed by atoms with van der Waals surface area (Å²) < 4.78 is 0. The van der Waals surface area contributed by atoms with Crippen LogP contribution >= 0.6 is 11.8 Å². The third-order valence-electron chi connectivity index (χ3n) is 3.88. The Balaban J connectivity index is 1.59. The first-order valence-electron chi connectivity index (χ1n) is 7.68. The van der Waals surface area contributed by atoms with E-state index in [-0.39, 0.29) is 5.91 Å². The SMILES string of the molecule is CCc1ccc(-c2nc(SCC(=O)N3CCCC3)n[nH]2)cc1. The molecular formula is C16H20N4OS. The topological polar surface area (TPSA) is 61.9 Å². The third-order valence-corrected chi connectivity index (χ3v) is 4.72. The maximum absolute atomic E-state index is 12.0. The van der Waals surface area contributed by atoms with E-state index >= 15 is 0 Å². The van der Waals surface area contributed by atoms with Crippen LogP contribution < -0.4 is 0 Å². The second-order valence-corrected chi connectivity index (χ2v) is 6.34. The number of carbonyl (C=O) groups excluding carboxylic acids is 1. The summed E-state index contributed by atoms with van der Waals surface area (Å²) >= 11 is 1.39. The molecule has 1 fully saturated rings. The summed E-state index contributed by atoms with van der Waals surface area (Å²) in [4.78, 5) is 18.4. The van der Waals surface area contributed by atoms with E-state index < -0.39 is 0 Å². The summed E-state index contributed by atoms with van der Waals surface area (Å²) in [7, 11) is 0. The lowest BCUT2D eigenvalue weighted by Crippen LogP contribution is -2.29. The molecule has 0 saturated carbocycles. The second-order valence-electron chi connectivity index (χ2n) is 5.39. The number of hydrogen-bond donors (Lipinski definition) is 1. The van der Waals surface area contributed by atoms with Gasteiger partial charge in [0.1, 0.15) is 0 Å². The molecule has 0 radical (unpaired) electrons. The van der Waals surface area contributed by atoms with E-state index in [0.717, 1.165) is 43.7 Å². The quantitative estimate of drug-likeness (QED) is 0.862. The van der Waals surface area contributed by atoms with Crippen LogP contribution in [0.4, 0.5) is 0 Å². The van der Waals surface area contributed by atoms with Crippen molar-refractivity contribution in [3.05, 3.63) is 29.8 Å². The van der Waals surface area contributed by atoms with Gasteiger partial charge in [0, 0.05) is 18.7 Å². The lowest BCUT2D eigenvalue weighted by molar-refractivity contribution is -0.127. The zero-order valence-electron chi connectivity index (χ0n) is 12.7. The van der Waals surface area contributed by atoms with E-state index in [4.69, 9.17) is 0 Å². The molecule has 0 unspecified atom stereocenters. The fraction of sp³-hybridized carbons (Fsp3) is 0.438. The molecule has 116 valence electrons. The predicted molar refractivity (Wildman–Crippen MR) is 87.7 cm³/mol. The van der Waals surface area contributed by atoms with Crippen LogP contribution in [0.5, 0.6) is 0 Å². The van der Waals surface area contributed by atoms with Crippen LogP contribution in [0.1, 0.15) is 25.3 Å². The molecule has 3 rings (SSSR count). The van der Waals surface area contributed by atoms with Crippen molar-refractivity contribution >= 4 is 17.7 Å². The van der Waals surface area contributed by atoms with Crippen LogP contribution in [0.15, 0.2) is 29.4 Å². The molecule has 0 atom stereocenters. The van der Waals surface area contributed by atoms with E-state index in [1.807, 2.05) is 17.0 Å². The van der Waals surface area contributed by atoms with Crippen molar-refractivity contribution in [2.75, 3.05) is 18.8 Å². The van der Waals surface area contributed by atoms with Gasteiger partial charge in [0.25, 0.3) is 0 Å². The van der Waals surface area contributed by atoms with Gasteiger partial charge in [-0.05, 0) is 24.8 Å². The smallest absolute Gasteiger partial charge is 0.233 e. The maximum atomic E-state index is 12.0. The Kier molecular flexibility index (Phi) is 4.77. The van der Waals surface area contributed by atoms with Gasteiger partial charge in [-0.3, -0.25) is 9.89 Å². The van der Waals surface area contributed by atoms with Crippen molar-refractivity contribution in [2.45, 2.75) is 31.3 Å². The number of carbonyl (C=O) groups is 1. The summed E-state index contributed by atoms with van der Waals surface area (Å²) in [6, 6.07) is 8.29. The fourth-order valence-electron chi connectivity index (χ4n) is 2.52. The minimum absolute atomic E-state index is 0.182. The first-order valence-corrected chi connectivity index (χ1v) is 8.67. The van der Waals surface area contributed by atoms with Gasteiger partial charge in [0.2, 0.25) is 11.1 Å². The number of aromatic nitrogens is 3. The number of hydrogen-bond acceptors (Lipinski definition) is 4. The van der Waals surface area contributed by atoms with Crippen molar-refractivity contribution in [3.63, 3.8) is 0 Å². The lowest BCUT2D eigenvalue weighted by atomic mass is 10.1. The molecule has 1 aromatic heterocycles. The first kappa shape index (κ1) is 15.1. The number of nitrogens with zero attached hydrogens (tertiary/aromatic N) is 3. The molecule has 1 aliphatic heterocycles. The number of thioether (sulfide) groups is 1. The Morgan fingerprint density at radius 2 is 2.00 bits per heavy atom. The Hall–Kier alpha value is -1.82. The number of likely N-dealkylation sites (tertiary alicyclic amines) is 1. The van der Waals surface area contributed by atoms with Gasteiger partial charge in [-0.1, -0.05) is 43.0 Å². The standard InChI is InChI=1S/C16H20N4OS/c1-2-12-5-7-13(8-6-12)15-17-16(19-18-15)22-11-14(21)20-9-3-4-10-20/h5-8H,2-4,9-11H2,1H3,(H,17,18,19). The molecule has 1 amide bonds. The van der Waals surface area contributed by atoms with E-state index in [1.165, 1.54) is 17.3 Å². The molecule has 1 aromatic carbocycles. The highest BCUT2D eigenvalue weighted by atomic mass is 32.2. The van der Waals surface area contributed by atoms with Crippen molar-refractivity contribution in [1.29, 1.82) is 0 Å². The minimum atomic E-state index is 0.182. The highest BCUT2D eigenvalue weighted by Gasteiger charge is 2.18. The van der Waals surface area contributed by atoms with Crippen molar-refractivity contribution in [3.8, 4) is 11.4 Å². The normalized spacial score (nSPS) is 14.5. The fourth-order valence-corrected chi connectivity index (χ4v) is 3.22. The molecule has 1 aliphatic rings. The molecule has 22 heavy (non-hydrogen) atoms. The van der Waals surface area contributed by atoms with E-state index in [2.05, 4.69) is 34.2 Å². The molecule has 0 spiro atoms. The molecule has 1 saturated heterocycles. The Labute approximate surface area is 134 Å². The van der Waals surface area contributed by atoms with Crippen molar-refractivity contribution < 1.29 is 4.79 Å². The zero-order valence-corrected chi connectivity index (χ0v) is 13.5. The molecular weight excluding hydrogens is 296 g/mol. The van der Waals surface area contributed by atoms with Crippen molar-refractivity contribution in [2.24, 2.45) is 0 Å². The number of rotatable bonds is 5. The third kappa shape index (κ3) is 3.50. The van der Waals surface area contributed by atoms with E-state index in [9.17, 15) is 4.79 Å². The van der Waals surface area contributed by atoms with Crippen LogP contribution in [-0.4, -0.2) is 44.8 Å². The highest BCUT2D eigenvalue weighted by Crippen LogP contribution is 2.20. The predicted octanol–water partition coefficient (Wildman–Crippen LogP) is 2.75. The van der Waals surface area contributed by atoms with Crippen LogP contribution in [-0.2, 0) is 11.2 Å². The summed E-state index contributed by atoms with van der Waals surface area (Å²) in [5.41, 5.74) is 2.32. The average molecular weight is 316 g/mol. The number of aryl methyl sites for hydroxylation is 1. The molecule has 5 nitrogen and oxygen atoms in total. The Morgan fingerprint density at radius 1 is 1.27 bits per heavy atom. The minimum Gasteiger partial charge on any atom is -0.342 e. The van der Waals surface area contributed by atoms with E-state index in [1.54, 1.807) is 0 Å². The van der Waals surface area contributed by atoms with Crippen LogP contribution in [0, 0.1) is 0 Å². The highest BCUT2D eigenvalue weighted by molar-refractivity contribution is 7.99. The molecule has 0 bridgehead atoms. The molecule has 1 N–H and O–H groups in total. The largest absolute Gasteiger partial charge is 0.342 e. The van der Waals surface area contributed by atoms with Crippen LogP contribution in [0.3, 0.4) is 0 Å². The Morgan fingerprint density at radius 3 is 2.68 bits per heavy atom. The van der Waals surface area contributed by atoms with E-state index in [0.29, 0.717) is 10.9 Å². The first-order chi connectivity index (χ1) is 10.8. The second kappa shape index (κ2) is 6.96. The monoisotopic (exact) mass is 316 g/mol. The number of benzene rings is 1. The van der Waals surface area contributed by atoms with Gasteiger partial charge in [0.15, 0.2) is 5.82 Å². The summed E-state index contributed by atoms with van der Waals surface area (Å²) in [6.45, 7) is 3.92. The molecule has 2 aromatic rings. The van der Waals surface area contributed by atoms with Gasteiger partial charge >= 0.3 is 0 Å². The summed E-state index contributed by atoms with van der Waals surface area (Å²) in [5, 5.41) is 7.76. The van der Waals surface area contributed by atoms with Gasteiger partial charge in [-0.25, -0.2) is 4.98 Å². The zero-order chi connectivity index (χ0) is 15.4. The average Bonchev–Trinajstić information content (AvgIpc) is 3.24. The number of amides is 1. The number of aromatic amines is 1. The van der Waals surface area contributed by atoms with Crippen molar-refractivity contribution in [1.82, 2.24) is 20.1 Å². The maximum Gasteiger partial charge on any atom is 0.233 e. The molecule has 2 heterocycles. The van der Waals surface area contributed by atoms with Gasteiger partial charge < -0.3 is 4.90 Å². The van der Waals surface area contributed by atoms with Gasteiger partial charge in [-0.15, -0.1) is 5.10 Å². The number of nitrogens with one attached hydrogen (secondary N) is 1. The molecule has 0 aliphatic carbocycles. The van der Waals surface area contributed by atoms with Crippen LogP contribution in [0.2, 0.25) is 0 Å². The van der Waals surface area contributed by atoms with Gasteiger partial charge in [-0.2, -0.15) is 0 Å². The van der Waals surface area contributed by atoms with Gasteiger partial charge in [0.05, 0.1) is 5.75 Å². The lowest BCUT2D eigenvalue weighted by Gasteiger charge is -2.13. The summed E-state index contributed by atoms with van der Waals surface area (Å²) in [6.07, 6.45) is 3.26. The number of H-pyrrole nitrogens is 1. The Bertz CT molecular complexity index is 632. The summed E-state index contributed by atoms with van der Waals surface area (Å²) in [5.74, 6) is 1.34.